The molecule has 0 bridgehead atoms. The summed E-state index contributed by atoms with van der Waals surface area (Å²) in [5, 5.41) is 2.61. The summed E-state index contributed by atoms with van der Waals surface area (Å²) >= 11 is 0. The molecule has 1 aliphatic heterocycles. The number of ether oxygens (including phenoxy) is 1. The van der Waals surface area contributed by atoms with Crippen molar-refractivity contribution in [1.29, 1.82) is 0 Å². The van der Waals surface area contributed by atoms with Gasteiger partial charge in [-0.2, -0.15) is 0 Å². The SMILES string of the molecule is BC(B)(B)C(Oc1ccc(CNC(=O)N(Cc2ccc(F)cc2F)C2CCN(C)CC2)cc1)(C(B)(B)B)C(B)(B)B. The van der Waals surface area contributed by atoms with Crippen LogP contribution in [0, 0.1) is 11.6 Å². The monoisotopic (exact) mass is 553 g/mol. The average molecular weight is 552 g/mol. The third kappa shape index (κ3) is 7.66. The lowest BCUT2D eigenvalue weighted by Gasteiger charge is -2.62. The van der Waals surface area contributed by atoms with Crippen molar-refractivity contribution in [3.8, 4) is 5.75 Å². The van der Waals surface area contributed by atoms with Crippen molar-refractivity contribution < 1.29 is 18.3 Å². The van der Waals surface area contributed by atoms with Gasteiger partial charge in [0.2, 0.25) is 0 Å². The molecule has 2 amide bonds. The summed E-state index contributed by atoms with van der Waals surface area (Å²) in [6.45, 7) is 2.15. The van der Waals surface area contributed by atoms with Crippen molar-refractivity contribution >= 4 is 76.6 Å². The zero-order valence-electron chi connectivity index (χ0n) is 26.8. The first-order valence-corrected chi connectivity index (χ1v) is 14.8. The highest BCUT2D eigenvalue weighted by molar-refractivity contribution is 6.70. The number of likely N-dealkylation sites (tertiary alicyclic amines) is 1. The number of hydrogen-bond acceptors (Lipinski definition) is 3. The second-order valence-corrected chi connectivity index (χ2v) is 14.7. The van der Waals surface area contributed by atoms with E-state index >= 15 is 0 Å². The molecule has 2 aromatic rings. The summed E-state index contributed by atoms with van der Waals surface area (Å²) in [5.41, 5.74) is 0.782. The van der Waals surface area contributed by atoms with Gasteiger partial charge in [-0.3, -0.25) is 0 Å². The number of nitrogens with zero attached hydrogens (tertiary/aromatic N) is 2. The topological polar surface area (TPSA) is 44.8 Å². The van der Waals surface area contributed by atoms with Crippen molar-refractivity contribution in [3.63, 3.8) is 0 Å². The number of hydrogen-bond donors (Lipinski definition) is 1. The van der Waals surface area contributed by atoms with Crippen LogP contribution in [0.3, 0.4) is 0 Å². The molecule has 0 saturated carbocycles. The fourth-order valence-corrected chi connectivity index (χ4v) is 7.47. The van der Waals surface area contributed by atoms with Gasteiger partial charge in [0, 0.05) is 24.2 Å². The maximum absolute atomic E-state index is 14.5. The predicted octanol–water partition coefficient (Wildman–Crippen LogP) is -4.19. The van der Waals surface area contributed by atoms with Crippen LogP contribution in [-0.4, -0.2) is 118 Å². The maximum atomic E-state index is 14.5. The Morgan fingerprint density at radius 2 is 1.46 bits per heavy atom. The Morgan fingerprint density at radius 1 is 0.927 bits per heavy atom. The van der Waals surface area contributed by atoms with Gasteiger partial charge in [-0.25, -0.2) is 13.6 Å². The van der Waals surface area contributed by atoms with Gasteiger partial charge >= 0.3 is 6.03 Å². The normalized spacial score (nSPS) is 15.8. The predicted molar refractivity (Wildman–Crippen MR) is 189 cm³/mol. The van der Waals surface area contributed by atoms with Crippen LogP contribution in [0.4, 0.5) is 13.6 Å². The Morgan fingerprint density at radius 3 is 1.95 bits per heavy atom. The third-order valence-corrected chi connectivity index (χ3v) is 8.55. The van der Waals surface area contributed by atoms with Gasteiger partial charge in [0.15, 0.2) is 0 Å². The smallest absolute Gasteiger partial charge is 0.318 e. The minimum absolute atomic E-state index is 0.0215. The van der Waals surface area contributed by atoms with E-state index in [1.165, 1.54) is 12.1 Å². The van der Waals surface area contributed by atoms with Crippen LogP contribution in [0.1, 0.15) is 24.0 Å². The molecule has 5 nitrogen and oxygen atoms in total. The minimum Gasteiger partial charge on any atom is -0.492 e. The fraction of sp³-hybridized carbons (Fsp3) is 0.480. The van der Waals surface area contributed by atoms with Crippen LogP contribution >= 0.6 is 0 Å². The van der Waals surface area contributed by atoms with Crippen LogP contribution in [-0.2, 0) is 13.1 Å². The number of carbonyl (C=O) groups excluding carboxylic acids is 1. The first-order valence-electron chi connectivity index (χ1n) is 14.8. The molecule has 1 N–H and O–H groups in total. The molecule has 1 aliphatic rings. The fourth-order valence-electron chi connectivity index (χ4n) is 7.47. The van der Waals surface area contributed by atoms with Gasteiger partial charge in [-0.1, -0.05) is 33.5 Å². The number of urea groups is 1. The number of amides is 2. The second kappa shape index (κ2) is 12.6. The highest BCUT2D eigenvalue weighted by Gasteiger charge is 2.57. The molecule has 16 heteroatoms. The third-order valence-electron chi connectivity index (χ3n) is 8.55. The molecule has 1 fully saturated rings. The van der Waals surface area contributed by atoms with E-state index < -0.39 is 17.2 Å². The zero-order chi connectivity index (χ0) is 30.8. The summed E-state index contributed by atoms with van der Waals surface area (Å²) in [4.78, 5) is 17.4. The van der Waals surface area contributed by atoms with Crippen LogP contribution in [0.25, 0.3) is 0 Å². The van der Waals surface area contributed by atoms with E-state index in [1.54, 1.807) is 4.90 Å². The Hall–Kier alpha value is -2.09. The lowest BCUT2D eigenvalue weighted by molar-refractivity contribution is 0.0710. The average Bonchev–Trinajstić information content (AvgIpc) is 2.84. The minimum atomic E-state index is -0.636. The van der Waals surface area contributed by atoms with Crippen LogP contribution in [0.2, 0.25) is 15.3 Å². The summed E-state index contributed by atoms with van der Waals surface area (Å²) < 4.78 is 34.9. The van der Waals surface area contributed by atoms with Gasteiger partial charge in [0.25, 0.3) is 0 Å². The summed E-state index contributed by atoms with van der Waals surface area (Å²) in [6, 6.07) is 11.2. The number of nitrogens with one attached hydrogen (secondary N) is 1. The molecule has 0 atom stereocenters. The zero-order valence-corrected chi connectivity index (χ0v) is 26.8. The number of halogens is 2. The number of piperidine rings is 1. The molecule has 0 spiro atoms. The van der Waals surface area contributed by atoms with Gasteiger partial charge in [-0.15, -0.1) is 0 Å². The van der Waals surface area contributed by atoms with Crippen molar-refractivity contribution in [2.24, 2.45) is 0 Å². The van der Waals surface area contributed by atoms with E-state index in [0.29, 0.717) is 12.1 Å². The van der Waals surface area contributed by atoms with Crippen molar-refractivity contribution in [2.75, 3.05) is 20.1 Å². The van der Waals surface area contributed by atoms with Crippen LogP contribution in [0.5, 0.6) is 5.75 Å². The molecule has 0 aliphatic carbocycles. The summed E-state index contributed by atoms with van der Waals surface area (Å²) in [5.74, 6) is -0.471. The molecule has 210 valence electrons. The molecule has 0 radical (unpaired) electrons. The van der Waals surface area contributed by atoms with Gasteiger partial charge in [0.1, 0.15) is 17.4 Å². The van der Waals surface area contributed by atoms with E-state index in [1.807, 2.05) is 24.3 Å². The van der Waals surface area contributed by atoms with E-state index in [4.69, 9.17) is 4.74 Å². The highest BCUT2D eigenvalue weighted by Crippen LogP contribution is 2.56. The molecular formula is C25H42B9F2N3O2. The Kier molecular flexibility index (Phi) is 10.3. The summed E-state index contributed by atoms with van der Waals surface area (Å²) in [6.07, 6.45) is 1.60. The standard InChI is InChI=1S/C25H42B9F2N3O2/c1-38-10-8-18(9-11-38)39(14-16-4-5-17(35)12-20(16)36)21(40)37-13-15-2-6-19(7-3-15)41-22(23(26,27)28,24(29,30)31)25(32,33)34/h2-7,12,18H,8-11,13-14,26-34H2,1H3,(H,37,40). The molecule has 41 heavy (non-hydrogen) atoms. The Bertz CT molecular complexity index is 1160. The van der Waals surface area contributed by atoms with Crippen molar-refractivity contribution in [1.82, 2.24) is 15.1 Å². The maximum Gasteiger partial charge on any atom is 0.318 e. The van der Waals surface area contributed by atoms with Gasteiger partial charge < -0.3 is 19.9 Å². The van der Waals surface area contributed by atoms with Gasteiger partial charge in [-0.05, 0) is 56.7 Å². The largest absolute Gasteiger partial charge is 0.492 e. The van der Waals surface area contributed by atoms with Crippen molar-refractivity contribution in [2.45, 2.75) is 52.9 Å². The van der Waals surface area contributed by atoms with E-state index in [-0.39, 0.29) is 34.0 Å². The number of benzene rings is 2. The number of rotatable bonds is 10. The van der Waals surface area contributed by atoms with Crippen LogP contribution in [0.15, 0.2) is 42.5 Å². The van der Waals surface area contributed by atoms with Crippen molar-refractivity contribution in [3.05, 3.63) is 65.2 Å². The molecule has 0 aromatic heterocycles. The number of carbonyl (C=O) groups is 1. The quantitative estimate of drug-likeness (QED) is 0.305. The van der Waals surface area contributed by atoms with E-state index in [9.17, 15) is 13.6 Å². The van der Waals surface area contributed by atoms with Gasteiger partial charge in [0.05, 0.1) is 82.8 Å². The Labute approximate surface area is 253 Å². The lowest BCUT2D eigenvalue weighted by Crippen LogP contribution is -2.66. The molecule has 3 rings (SSSR count). The van der Waals surface area contributed by atoms with E-state index in [2.05, 4.69) is 87.9 Å². The molecule has 1 saturated heterocycles. The molecule has 1 heterocycles. The van der Waals surface area contributed by atoms with E-state index in [0.717, 1.165) is 43.3 Å². The molecule has 2 aromatic carbocycles. The molecular weight excluding hydrogens is 510 g/mol. The first kappa shape index (κ1) is 33.4. The summed E-state index contributed by atoms with van der Waals surface area (Å²) in [7, 11) is 22.2. The highest BCUT2D eigenvalue weighted by atomic mass is 19.1. The second-order valence-electron chi connectivity index (χ2n) is 14.7. The first-order chi connectivity index (χ1) is 18.9. The Balaban J connectivity index is 1.76. The molecule has 0 unspecified atom stereocenters. The lowest BCUT2D eigenvalue weighted by atomic mass is 9.13. The van der Waals surface area contributed by atoms with Crippen LogP contribution < -0.4 is 10.1 Å².